The molecule has 16 heavy (non-hydrogen) atoms. The summed E-state index contributed by atoms with van der Waals surface area (Å²) in [4.78, 5) is 12.2. The molecule has 4 nitrogen and oxygen atoms in total. The molecular weight excluding hydrogens is 206 g/mol. The molecule has 1 aliphatic rings. The standard InChI is InChI=1S/C12H15NO3/c1-12(16,9-5-3-2-4-6-9)10-7-8-13(10)11(14)15/h2-6,10,16H,7-8H2,1H3,(H,14,15)/t10-,12?/m0/s1. The lowest BCUT2D eigenvalue weighted by atomic mass is 9.81. The summed E-state index contributed by atoms with van der Waals surface area (Å²) in [5, 5.41) is 19.3. The van der Waals surface area contributed by atoms with E-state index in [1.165, 1.54) is 4.90 Å². The number of nitrogens with zero attached hydrogens (tertiary/aromatic N) is 1. The van der Waals surface area contributed by atoms with E-state index in [9.17, 15) is 9.90 Å². The summed E-state index contributed by atoms with van der Waals surface area (Å²) in [5.74, 6) is 0. The van der Waals surface area contributed by atoms with Gasteiger partial charge in [-0.25, -0.2) is 4.79 Å². The van der Waals surface area contributed by atoms with E-state index in [2.05, 4.69) is 0 Å². The Morgan fingerprint density at radius 1 is 1.44 bits per heavy atom. The molecule has 86 valence electrons. The lowest BCUT2D eigenvalue weighted by Gasteiger charge is -2.47. The first-order valence-electron chi connectivity index (χ1n) is 5.31. The molecule has 1 aliphatic heterocycles. The van der Waals surface area contributed by atoms with Crippen molar-refractivity contribution in [3.63, 3.8) is 0 Å². The highest BCUT2D eigenvalue weighted by atomic mass is 16.4. The normalized spacial score (nSPS) is 23.4. The van der Waals surface area contributed by atoms with Crippen LogP contribution in [0.25, 0.3) is 0 Å². The van der Waals surface area contributed by atoms with Crippen molar-refractivity contribution in [2.75, 3.05) is 6.54 Å². The molecule has 1 aromatic rings. The van der Waals surface area contributed by atoms with E-state index in [0.29, 0.717) is 13.0 Å². The van der Waals surface area contributed by atoms with Crippen LogP contribution in [-0.4, -0.2) is 33.8 Å². The van der Waals surface area contributed by atoms with Crippen LogP contribution in [-0.2, 0) is 5.60 Å². The van der Waals surface area contributed by atoms with E-state index < -0.39 is 11.7 Å². The molecule has 0 aromatic heterocycles. The van der Waals surface area contributed by atoms with Crippen LogP contribution in [0.2, 0.25) is 0 Å². The summed E-state index contributed by atoms with van der Waals surface area (Å²) in [6, 6.07) is 8.85. The molecule has 2 rings (SSSR count). The van der Waals surface area contributed by atoms with Crippen molar-refractivity contribution in [1.82, 2.24) is 4.90 Å². The van der Waals surface area contributed by atoms with Crippen LogP contribution in [0.15, 0.2) is 30.3 Å². The lowest BCUT2D eigenvalue weighted by Crippen LogP contribution is -2.59. The van der Waals surface area contributed by atoms with E-state index in [0.717, 1.165) is 5.56 Å². The number of hydrogen-bond donors (Lipinski definition) is 2. The van der Waals surface area contributed by atoms with Gasteiger partial charge in [0.1, 0.15) is 5.60 Å². The van der Waals surface area contributed by atoms with Gasteiger partial charge in [-0.1, -0.05) is 30.3 Å². The van der Waals surface area contributed by atoms with Gasteiger partial charge in [0.05, 0.1) is 6.04 Å². The van der Waals surface area contributed by atoms with E-state index in [1.54, 1.807) is 6.92 Å². The van der Waals surface area contributed by atoms with Crippen molar-refractivity contribution < 1.29 is 15.0 Å². The van der Waals surface area contributed by atoms with Crippen LogP contribution in [0.4, 0.5) is 4.79 Å². The second-order valence-corrected chi connectivity index (χ2v) is 4.29. The molecule has 1 heterocycles. The van der Waals surface area contributed by atoms with Gasteiger partial charge in [0, 0.05) is 6.54 Å². The number of likely N-dealkylation sites (tertiary alicyclic amines) is 1. The highest BCUT2D eigenvalue weighted by molar-refractivity contribution is 5.67. The third-order valence-electron chi connectivity index (χ3n) is 3.27. The smallest absolute Gasteiger partial charge is 0.407 e. The fourth-order valence-corrected chi connectivity index (χ4v) is 2.17. The average molecular weight is 221 g/mol. The summed E-state index contributed by atoms with van der Waals surface area (Å²) in [6.45, 7) is 2.17. The van der Waals surface area contributed by atoms with Gasteiger partial charge in [0.15, 0.2) is 0 Å². The van der Waals surface area contributed by atoms with Gasteiger partial charge < -0.3 is 15.1 Å². The van der Waals surface area contributed by atoms with Gasteiger partial charge in [0.25, 0.3) is 0 Å². The Balaban J connectivity index is 2.23. The second-order valence-electron chi connectivity index (χ2n) is 4.29. The third-order valence-corrected chi connectivity index (χ3v) is 3.27. The lowest BCUT2D eigenvalue weighted by molar-refractivity contribution is -0.0741. The first-order valence-corrected chi connectivity index (χ1v) is 5.31. The van der Waals surface area contributed by atoms with Crippen molar-refractivity contribution >= 4 is 6.09 Å². The molecule has 4 heteroatoms. The van der Waals surface area contributed by atoms with Crippen LogP contribution in [0.3, 0.4) is 0 Å². The number of amides is 1. The van der Waals surface area contributed by atoms with E-state index in [-0.39, 0.29) is 6.04 Å². The van der Waals surface area contributed by atoms with Crippen LogP contribution < -0.4 is 0 Å². The Morgan fingerprint density at radius 3 is 2.50 bits per heavy atom. The first-order chi connectivity index (χ1) is 7.53. The molecule has 0 aliphatic carbocycles. The number of carbonyl (C=O) groups is 1. The highest BCUT2D eigenvalue weighted by Crippen LogP contribution is 2.35. The topological polar surface area (TPSA) is 60.8 Å². The number of carboxylic acid groups (broad SMARTS) is 1. The van der Waals surface area contributed by atoms with E-state index >= 15 is 0 Å². The number of rotatable bonds is 2. The van der Waals surface area contributed by atoms with Gasteiger partial charge in [-0.3, -0.25) is 0 Å². The van der Waals surface area contributed by atoms with E-state index in [4.69, 9.17) is 5.11 Å². The van der Waals surface area contributed by atoms with Crippen LogP contribution in [0.5, 0.6) is 0 Å². The van der Waals surface area contributed by atoms with Crippen molar-refractivity contribution in [2.45, 2.75) is 25.0 Å². The van der Waals surface area contributed by atoms with Gasteiger partial charge in [-0.15, -0.1) is 0 Å². The molecule has 2 N–H and O–H groups in total. The summed E-state index contributed by atoms with van der Waals surface area (Å²) in [7, 11) is 0. The zero-order valence-corrected chi connectivity index (χ0v) is 9.13. The maximum atomic E-state index is 10.9. The van der Waals surface area contributed by atoms with Crippen molar-refractivity contribution in [3.05, 3.63) is 35.9 Å². The minimum atomic E-state index is -1.11. The summed E-state index contributed by atoms with van der Waals surface area (Å²) in [5.41, 5.74) is -0.358. The first kappa shape index (κ1) is 11.0. The Bertz CT molecular complexity index is 389. The summed E-state index contributed by atoms with van der Waals surface area (Å²) < 4.78 is 0. The Hall–Kier alpha value is -1.55. The fourth-order valence-electron chi connectivity index (χ4n) is 2.17. The number of aliphatic hydroxyl groups is 1. The summed E-state index contributed by atoms with van der Waals surface area (Å²) >= 11 is 0. The molecule has 0 spiro atoms. The monoisotopic (exact) mass is 221 g/mol. The fraction of sp³-hybridized carbons (Fsp3) is 0.417. The highest BCUT2D eigenvalue weighted by Gasteiger charge is 2.45. The Morgan fingerprint density at radius 2 is 2.06 bits per heavy atom. The third kappa shape index (κ3) is 1.65. The average Bonchev–Trinajstić information content (AvgIpc) is 2.15. The number of hydrogen-bond acceptors (Lipinski definition) is 2. The van der Waals surface area contributed by atoms with Crippen LogP contribution >= 0.6 is 0 Å². The largest absolute Gasteiger partial charge is 0.465 e. The van der Waals surface area contributed by atoms with Gasteiger partial charge >= 0.3 is 6.09 Å². The minimum absolute atomic E-state index is 0.340. The molecule has 0 bridgehead atoms. The van der Waals surface area contributed by atoms with Gasteiger partial charge in [-0.2, -0.15) is 0 Å². The maximum absolute atomic E-state index is 10.9. The molecule has 0 radical (unpaired) electrons. The molecular formula is C12H15NO3. The van der Waals surface area contributed by atoms with Gasteiger partial charge in [0.2, 0.25) is 0 Å². The van der Waals surface area contributed by atoms with Crippen LogP contribution in [0.1, 0.15) is 18.9 Å². The van der Waals surface area contributed by atoms with Crippen molar-refractivity contribution in [1.29, 1.82) is 0 Å². The molecule has 1 fully saturated rings. The predicted molar refractivity (Wildman–Crippen MR) is 59.1 cm³/mol. The molecule has 2 atom stereocenters. The maximum Gasteiger partial charge on any atom is 0.407 e. The zero-order chi connectivity index (χ0) is 11.8. The number of benzene rings is 1. The summed E-state index contributed by atoms with van der Waals surface area (Å²) in [6.07, 6.45) is -0.263. The molecule has 1 amide bonds. The molecule has 1 unspecified atom stereocenters. The Labute approximate surface area is 94.1 Å². The molecule has 1 saturated heterocycles. The van der Waals surface area contributed by atoms with Crippen molar-refractivity contribution in [2.24, 2.45) is 0 Å². The molecule has 0 saturated carbocycles. The van der Waals surface area contributed by atoms with E-state index in [1.807, 2.05) is 30.3 Å². The van der Waals surface area contributed by atoms with Crippen LogP contribution in [0, 0.1) is 0 Å². The van der Waals surface area contributed by atoms with Crippen molar-refractivity contribution in [3.8, 4) is 0 Å². The predicted octanol–water partition coefficient (Wildman–Crippen LogP) is 1.65. The second kappa shape index (κ2) is 3.79. The Kier molecular flexibility index (Phi) is 2.59. The quantitative estimate of drug-likeness (QED) is 0.798. The SMILES string of the molecule is CC(O)(c1ccccc1)[C@@H]1CCN1C(=O)O. The molecule has 1 aromatic carbocycles. The zero-order valence-electron chi connectivity index (χ0n) is 9.13. The van der Waals surface area contributed by atoms with Gasteiger partial charge in [-0.05, 0) is 18.9 Å². The minimum Gasteiger partial charge on any atom is -0.465 e.